The van der Waals surface area contributed by atoms with Gasteiger partial charge in [-0.15, -0.1) is 0 Å². The molecule has 0 atom stereocenters. The standard InChI is InChI=1S/2C10H14.4ClH.2Ru/c2*1-8(2)10-6-4-9(3)5-7-10;;;;;;/h2*4-8H,1-3H3;4*1H;;/q;;;;;;2*+2/p-4. The zero-order chi connectivity index (χ0) is 20.5. The van der Waals surface area contributed by atoms with Crippen LogP contribution in [-0.4, -0.2) is 0 Å². The van der Waals surface area contributed by atoms with Gasteiger partial charge in [0.25, 0.3) is 0 Å². The van der Waals surface area contributed by atoms with Gasteiger partial charge in [0, 0.05) is 0 Å². The van der Waals surface area contributed by atoms with Gasteiger partial charge in [-0.05, 0) is 36.8 Å². The molecule has 6 heteroatoms. The van der Waals surface area contributed by atoms with Crippen LogP contribution in [-0.2, 0) is 30.3 Å². The molecule has 152 valence electrons. The summed E-state index contributed by atoms with van der Waals surface area (Å²) >= 11 is -0.691. The van der Waals surface area contributed by atoms with E-state index in [0.29, 0.717) is 11.8 Å². The van der Waals surface area contributed by atoms with Crippen LogP contribution in [0.4, 0.5) is 0 Å². The van der Waals surface area contributed by atoms with Crippen LogP contribution in [0, 0.1) is 13.8 Å². The normalized spacial score (nSPS) is 9.69. The SMILES string of the molecule is Cc1ccc(C(C)C)cc1.Cc1ccc(C(C)C)cc1.[Cl][Ru][Cl].[Cl][Ru][Cl]. The minimum absolute atomic E-state index is 0.346. The molecule has 0 saturated carbocycles. The first-order chi connectivity index (χ1) is 12.2. The summed E-state index contributed by atoms with van der Waals surface area (Å²) in [5.74, 6) is 1.31. The molecule has 0 aliphatic carbocycles. The molecule has 26 heavy (non-hydrogen) atoms. The van der Waals surface area contributed by atoms with Gasteiger partial charge in [0.15, 0.2) is 0 Å². The average molecular weight is 612 g/mol. The Bertz CT molecular complexity index is 489. The molecule has 0 aromatic heterocycles. The Labute approximate surface area is 191 Å². The van der Waals surface area contributed by atoms with E-state index in [1.54, 1.807) is 0 Å². The molecule has 0 spiro atoms. The van der Waals surface area contributed by atoms with Crippen molar-refractivity contribution >= 4 is 38.8 Å². The van der Waals surface area contributed by atoms with Crippen molar-refractivity contribution in [1.82, 2.24) is 0 Å². The van der Waals surface area contributed by atoms with Crippen LogP contribution in [0.15, 0.2) is 48.5 Å². The Morgan fingerprint density at radius 2 is 0.731 bits per heavy atom. The third-order valence-electron chi connectivity index (χ3n) is 3.49. The van der Waals surface area contributed by atoms with E-state index in [-0.39, 0.29) is 30.3 Å². The second kappa shape index (κ2) is 19.2. The summed E-state index contributed by atoms with van der Waals surface area (Å²) in [6, 6.07) is 17.4. The van der Waals surface area contributed by atoms with Crippen LogP contribution in [0.1, 0.15) is 61.8 Å². The molecular formula is C20H28Cl4Ru2. The molecule has 0 nitrogen and oxygen atoms in total. The summed E-state index contributed by atoms with van der Waals surface area (Å²) < 4.78 is 0. The molecular weight excluding hydrogens is 584 g/mol. The number of benzene rings is 2. The van der Waals surface area contributed by atoms with Gasteiger partial charge in [0.1, 0.15) is 0 Å². The predicted molar refractivity (Wildman–Crippen MR) is 114 cm³/mol. The Morgan fingerprint density at radius 1 is 0.538 bits per heavy atom. The quantitative estimate of drug-likeness (QED) is 0.297. The molecule has 0 bridgehead atoms. The van der Waals surface area contributed by atoms with Crippen molar-refractivity contribution in [3.05, 3.63) is 70.8 Å². The molecule has 0 aliphatic heterocycles. The van der Waals surface area contributed by atoms with Gasteiger partial charge in [-0.2, -0.15) is 0 Å². The van der Waals surface area contributed by atoms with Crippen LogP contribution >= 0.6 is 38.8 Å². The van der Waals surface area contributed by atoms with E-state index in [2.05, 4.69) is 90.1 Å². The first kappa shape index (κ1) is 29.1. The zero-order valence-corrected chi connectivity index (χ0v) is 22.5. The third-order valence-corrected chi connectivity index (χ3v) is 3.49. The van der Waals surface area contributed by atoms with Gasteiger partial charge < -0.3 is 0 Å². The summed E-state index contributed by atoms with van der Waals surface area (Å²) in [6.45, 7) is 13.1. The summed E-state index contributed by atoms with van der Waals surface area (Å²) in [5.41, 5.74) is 5.52. The van der Waals surface area contributed by atoms with Crippen molar-refractivity contribution < 1.29 is 30.3 Å². The summed E-state index contributed by atoms with van der Waals surface area (Å²) in [6.07, 6.45) is 0. The molecule has 2 aromatic carbocycles. The second-order valence-electron chi connectivity index (χ2n) is 6.23. The maximum atomic E-state index is 4.85. The topological polar surface area (TPSA) is 0 Å². The van der Waals surface area contributed by atoms with Crippen molar-refractivity contribution in [3.8, 4) is 0 Å². The van der Waals surface area contributed by atoms with Crippen LogP contribution in [0.3, 0.4) is 0 Å². The van der Waals surface area contributed by atoms with Crippen molar-refractivity contribution in [2.45, 2.75) is 53.4 Å². The first-order valence-electron chi connectivity index (χ1n) is 8.06. The van der Waals surface area contributed by atoms with E-state index in [9.17, 15) is 0 Å². The Kier molecular flexibility index (Phi) is 21.4. The molecule has 0 amide bonds. The number of aryl methyl sites for hydroxylation is 2. The van der Waals surface area contributed by atoms with Gasteiger partial charge in [-0.1, -0.05) is 87.4 Å². The Balaban J connectivity index is 0. The Morgan fingerprint density at radius 3 is 0.885 bits per heavy atom. The molecule has 0 unspecified atom stereocenters. The molecule has 0 aliphatic rings. The van der Waals surface area contributed by atoms with E-state index >= 15 is 0 Å². The van der Waals surface area contributed by atoms with Crippen LogP contribution < -0.4 is 0 Å². The van der Waals surface area contributed by atoms with Crippen molar-refractivity contribution in [2.75, 3.05) is 0 Å². The summed E-state index contributed by atoms with van der Waals surface area (Å²) in [5, 5.41) is 0. The van der Waals surface area contributed by atoms with Crippen LogP contribution in [0.25, 0.3) is 0 Å². The molecule has 2 aromatic rings. The molecule has 0 saturated heterocycles. The number of hydrogen-bond acceptors (Lipinski definition) is 0. The first-order valence-corrected chi connectivity index (χ1v) is 17.0. The maximum absolute atomic E-state index is 4.85. The van der Waals surface area contributed by atoms with Crippen LogP contribution in [0.2, 0.25) is 0 Å². The van der Waals surface area contributed by atoms with E-state index in [4.69, 9.17) is 38.8 Å². The fraction of sp³-hybridized carbons (Fsp3) is 0.400. The second-order valence-corrected chi connectivity index (χ2v) is 11.5. The van der Waals surface area contributed by atoms with E-state index in [1.165, 1.54) is 22.3 Å². The molecule has 0 heterocycles. The number of hydrogen-bond donors (Lipinski definition) is 0. The van der Waals surface area contributed by atoms with Gasteiger partial charge in [0.05, 0.1) is 0 Å². The van der Waals surface area contributed by atoms with E-state index in [0.717, 1.165) is 0 Å². The summed E-state index contributed by atoms with van der Waals surface area (Å²) in [7, 11) is 19.4. The van der Waals surface area contributed by atoms with E-state index < -0.39 is 0 Å². The van der Waals surface area contributed by atoms with Crippen LogP contribution in [0.5, 0.6) is 0 Å². The molecule has 0 radical (unpaired) electrons. The Hall–Kier alpha value is 0.847. The molecule has 0 fully saturated rings. The minimum atomic E-state index is -0.346. The monoisotopic (exact) mass is 612 g/mol. The van der Waals surface area contributed by atoms with Gasteiger partial charge in [-0.25, -0.2) is 0 Å². The van der Waals surface area contributed by atoms with E-state index in [1.807, 2.05) is 0 Å². The van der Waals surface area contributed by atoms with Crippen molar-refractivity contribution in [1.29, 1.82) is 0 Å². The predicted octanol–water partition coefficient (Wildman–Crippen LogP) is 8.99. The average Bonchev–Trinajstić information content (AvgIpc) is 2.58. The number of halogens is 4. The van der Waals surface area contributed by atoms with Gasteiger partial charge in [0.2, 0.25) is 0 Å². The van der Waals surface area contributed by atoms with Gasteiger partial charge >= 0.3 is 69.1 Å². The fourth-order valence-corrected chi connectivity index (χ4v) is 1.90. The van der Waals surface area contributed by atoms with Crippen molar-refractivity contribution in [2.24, 2.45) is 0 Å². The fourth-order valence-electron chi connectivity index (χ4n) is 1.90. The third kappa shape index (κ3) is 17.0. The number of rotatable bonds is 2. The zero-order valence-electron chi connectivity index (χ0n) is 16.0. The molecule has 2 rings (SSSR count). The summed E-state index contributed by atoms with van der Waals surface area (Å²) in [4.78, 5) is 0. The van der Waals surface area contributed by atoms with Gasteiger partial charge in [-0.3, -0.25) is 0 Å². The molecule has 0 N–H and O–H groups in total. The van der Waals surface area contributed by atoms with Crippen molar-refractivity contribution in [3.63, 3.8) is 0 Å².